The number of aromatic hydroxyl groups is 1. The van der Waals surface area contributed by atoms with Crippen molar-refractivity contribution >= 4 is 0 Å². The second-order valence-corrected chi connectivity index (χ2v) is 3.51. The molecule has 2 aromatic rings. The summed E-state index contributed by atoms with van der Waals surface area (Å²) in [6.07, 6.45) is 0. The van der Waals surface area contributed by atoms with Gasteiger partial charge in [-0.3, -0.25) is 0 Å². The summed E-state index contributed by atoms with van der Waals surface area (Å²) in [4.78, 5) is 10.9. The number of phenolic OH excluding ortho intramolecular Hbond substituents is 1. The fraction of sp³-hybridized carbons (Fsp3) is 0.0769. The zero-order valence-corrected chi connectivity index (χ0v) is 8.58. The predicted octanol–water partition coefficient (Wildman–Crippen LogP) is 3.25. The van der Waals surface area contributed by atoms with E-state index in [9.17, 15) is 10.0 Å². The third-order valence-corrected chi connectivity index (χ3v) is 2.41. The molecule has 0 aliphatic heterocycles. The van der Waals surface area contributed by atoms with Crippen molar-refractivity contribution in [3.63, 3.8) is 0 Å². The number of hydrogen-bond acceptors (Lipinski definition) is 3. The van der Waals surface area contributed by atoms with Crippen molar-refractivity contribution in [3.8, 4) is 5.75 Å². The lowest BCUT2D eigenvalue weighted by Crippen LogP contribution is -1.96. The van der Waals surface area contributed by atoms with E-state index in [1.165, 1.54) is 0 Å². The van der Waals surface area contributed by atoms with Crippen molar-refractivity contribution in [3.05, 3.63) is 70.6 Å². The molecule has 0 aliphatic rings. The van der Waals surface area contributed by atoms with Gasteiger partial charge in [0.25, 0.3) is 0 Å². The summed E-state index contributed by atoms with van der Waals surface area (Å²) in [6.45, 7) is 0. The second kappa shape index (κ2) is 4.57. The van der Waals surface area contributed by atoms with Gasteiger partial charge in [-0.2, -0.15) is 0 Å². The van der Waals surface area contributed by atoms with Gasteiger partial charge in [0, 0.05) is 0 Å². The molecule has 16 heavy (non-hydrogen) atoms. The normalized spacial score (nSPS) is 12.0. The number of phenols is 1. The molecule has 0 heterocycles. The molecule has 0 aliphatic carbocycles. The molecule has 1 unspecified atom stereocenters. The molecule has 0 aromatic heterocycles. The van der Waals surface area contributed by atoms with Crippen LogP contribution in [0, 0.1) is 4.91 Å². The minimum atomic E-state index is -0.562. The highest BCUT2D eigenvalue weighted by Crippen LogP contribution is 2.27. The van der Waals surface area contributed by atoms with E-state index in [1.54, 1.807) is 24.3 Å². The van der Waals surface area contributed by atoms with Crippen molar-refractivity contribution in [2.24, 2.45) is 5.18 Å². The van der Waals surface area contributed by atoms with Gasteiger partial charge in [0.15, 0.2) is 0 Å². The summed E-state index contributed by atoms with van der Waals surface area (Å²) in [5.74, 6) is 0.141. The summed E-state index contributed by atoms with van der Waals surface area (Å²) in [5.41, 5.74) is 1.52. The average molecular weight is 213 g/mol. The van der Waals surface area contributed by atoms with Crippen LogP contribution in [0.25, 0.3) is 0 Å². The molecule has 0 amide bonds. The summed E-state index contributed by atoms with van der Waals surface area (Å²) in [7, 11) is 0. The van der Waals surface area contributed by atoms with E-state index in [0.717, 1.165) is 5.56 Å². The number of nitroso groups, excluding NO2 is 1. The van der Waals surface area contributed by atoms with Gasteiger partial charge >= 0.3 is 0 Å². The van der Waals surface area contributed by atoms with Crippen molar-refractivity contribution in [2.75, 3.05) is 0 Å². The molecule has 2 aromatic carbocycles. The van der Waals surface area contributed by atoms with Crippen LogP contribution in [0.5, 0.6) is 5.75 Å². The molecule has 80 valence electrons. The van der Waals surface area contributed by atoms with Crippen LogP contribution < -0.4 is 0 Å². The molecule has 0 fully saturated rings. The Morgan fingerprint density at radius 1 is 0.938 bits per heavy atom. The van der Waals surface area contributed by atoms with E-state index in [4.69, 9.17) is 0 Å². The van der Waals surface area contributed by atoms with E-state index in [1.807, 2.05) is 30.3 Å². The standard InChI is InChI=1S/C13H11NO2/c15-12-8-4-7-11(9-12)13(14-16)10-5-2-1-3-6-10/h1-9,13,15H. The molecule has 0 spiro atoms. The van der Waals surface area contributed by atoms with Gasteiger partial charge in [-0.1, -0.05) is 47.6 Å². The molecule has 0 bridgehead atoms. The first-order chi connectivity index (χ1) is 7.81. The largest absolute Gasteiger partial charge is 0.508 e. The van der Waals surface area contributed by atoms with Crippen LogP contribution in [-0.2, 0) is 0 Å². The Kier molecular flexibility index (Phi) is 2.96. The lowest BCUT2D eigenvalue weighted by Gasteiger charge is -2.09. The molecule has 3 nitrogen and oxygen atoms in total. The highest BCUT2D eigenvalue weighted by molar-refractivity contribution is 5.36. The quantitative estimate of drug-likeness (QED) is 0.795. The van der Waals surface area contributed by atoms with Gasteiger partial charge in [0.05, 0.1) is 0 Å². The molecular formula is C13H11NO2. The van der Waals surface area contributed by atoms with Gasteiger partial charge in [0.1, 0.15) is 11.8 Å². The minimum Gasteiger partial charge on any atom is -0.508 e. The molecule has 1 N–H and O–H groups in total. The van der Waals surface area contributed by atoms with Gasteiger partial charge in [0.2, 0.25) is 0 Å². The Bertz CT molecular complexity index is 482. The smallest absolute Gasteiger partial charge is 0.142 e. The van der Waals surface area contributed by atoms with Gasteiger partial charge < -0.3 is 5.11 Å². The van der Waals surface area contributed by atoms with E-state index in [0.29, 0.717) is 5.56 Å². The maximum atomic E-state index is 10.9. The molecule has 1 atom stereocenters. The van der Waals surface area contributed by atoms with E-state index in [-0.39, 0.29) is 5.75 Å². The lowest BCUT2D eigenvalue weighted by atomic mass is 9.99. The summed E-state index contributed by atoms with van der Waals surface area (Å²) >= 11 is 0. The van der Waals surface area contributed by atoms with Crippen LogP contribution in [0.2, 0.25) is 0 Å². The number of rotatable bonds is 3. The van der Waals surface area contributed by atoms with Crippen LogP contribution in [0.3, 0.4) is 0 Å². The molecule has 0 saturated carbocycles. The van der Waals surface area contributed by atoms with Crippen LogP contribution in [0.4, 0.5) is 0 Å². The van der Waals surface area contributed by atoms with Crippen LogP contribution >= 0.6 is 0 Å². The Morgan fingerprint density at radius 2 is 1.62 bits per heavy atom. The van der Waals surface area contributed by atoms with Crippen LogP contribution in [0.1, 0.15) is 17.2 Å². The number of benzene rings is 2. The van der Waals surface area contributed by atoms with Gasteiger partial charge in [-0.15, -0.1) is 4.91 Å². The van der Waals surface area contributed by atoms with Crippen LogP contribution in [-0.4, -0.2) is 5.11 Å². The van der Waals surface area contributed by atoms with Crippen molar-refractivity contribution in [2.45, 2.75) is 6.04 Å². The van der Waals surface area contributed by atoms with Crippen molar-refractivity contribution in [1.82, 2.24) is 0 Å². The molecular weight excluding hydrogens is 202 g/mol. The van der Waals surface area contributed by atoms with Crippen molar-refractivity contribution < 1.29 is 5.11 Å². The Hall–Kier alpha value is -2.16. The van der Waals surface area contributed by atoms with Crippen molar-refractivity contribution in [1.29, 1.82) is 0 Å². The zero-order chi connectivity index (χ0) is 11.4. The number of hydrogen-bond donors (Lipinski definition) is 1. The third kappa shape index (κ3) is 2.08. The fourth-order valence-corrected chi connectivity index (χ4v) is 1.64. The minimum absolute atomic E-state index is 0.141. The summed E-state index contributed by atoms with van der Waals surface area (Å²) < 4.78 is 0. The van der Waals surface area contributed by atoms with E-state index >= 15 is 0 Å². The molecule has 2 rings (SSSR count). The Morgan fingerprint density at radius 3 is 2.25 bits per heavy atom. The molecule has 0 saturated heterocycles. The average Bonchev–Trinajstić information content (AvgIpc) is 2.31. The second-order valence-electron chi connectivity index (χ2n) is 3.51. The Balaban J connectivity index is 2.41. The first-order valence-corrected chi connectivity index (χ1v) is 4.97. The SMILES string of the molecule is O=NC(c1ccccc1)c1cccc(O)c1. The van der Waals surface area contributed by atoms with Crippen LogP contribution in [0.15, 0.2) is 59.8 Å². The third-order valence-electron chi connectivity index (χ3n) is 2.41. The summed E-state index contributed by atoms with van der Waals surface area (Å²) in [6, 6.07) is 15.3. The summed E-state index contributed by atoms with van der Waals surface area (Å²) in [5, 5.41) is 12.5. The highest BCUT2D eigenvalue weighted by Gasteiger charge is 2.14. The van der Waals surface area contributed by atoms with Gasteiger partial charge in [-0.25, -0.2) is 0 Å². The maximum absolute atomic E-state index is 10.9. The highest BCUT2D eigenvalue weighted by atomic mass is 16.3. The van der Waals surface area contributed by atoms with E-state index < -0.39 is 6.04 Å². The Labute approximate surface area is 93.3 Å². The van der Waals surface area contributed by atoms with Gasteiger partial charge in [-0.05, 0) is 23.3 Å². The molecule has 0 radical (unpaired) electrons. The fourth-order valence-electron chi connectivity index (χ4n) is 1.64. The van der Waals surface area contributed by atoms with E-state index in [2.05, 4.69) is 5.18 Å². The topological polar surface area (TPSA) is 49.7 Å². The maximum Gasteiger partial charge on any atom is 0.142 e. The zero-order valence-electron chi connectivity index (χ0n) is 8.58. The first kappa shape index (κ1) is 10.4. The lowest BCUT2D eigenvalue weighted by molar-refractivity contribution is 0.474. The first-order valence-electron chi connectivity index (χ1n) is 4.97. The molecule has 3 heteroatoms. The predicted molar refractivity (Wildman–Crippen MR) is 62.2 cm³/mol. The number of nitrogens with zero attached hydrogens (tertiary/aromatic N) is 1. The monoisotopic (exact) mass is 213 g/mol.